The van der Waals surface area contributed by atoms with Crippen molar-refractivity contribution in [3.8, 4) is 5.75 Å². The first-order valence-corrected chi connectivity index (χ1v) is 8.68. The van der Waals surface area contributed by atoms with E-state index >= 15 is 0 Å². The van der Waals surface area contributed by atoms with Crippen LogP contribution in [0, 0.1) is 11.8 Å². The van der Waals surface area contributed by atoms with Gasteiger partial charge in [0, 0.05) is 12.0 Å². The van der Waals surface area contributed by atoms with E-state index in [-0.39, 0.29) is 5.41 Å². The van der Waals surface area contributed by atoms with Crippen LogP contribution in [0.4, 0.5) is 0 Å². The van der Waals surface area contributed by atoms with E-state index in [1.54, 1.807) is 0 Å². The van der Waals surface area contributed by atoms with Crippen LogP contribution in [0.3, 0.4) is 0 Å². The first-order chi connectivity index (χ1) is 11.1. The molecule has 2 heteroatoms. The average molecular weight is 307 g/mol. The molecule has 0 amide bonds. The van der Waals surface area contributed by atoms with Crippen molar-refractivity contribution in [3.05, 3.63) is 65.2 Å². The zero-order valence-electron chi connectivity index (χ0n) is 14.0. The van der Waals surface area contributed by atoms with Crippen LogP contribution in [-0.2, 0) is 11.8 Å². The van der Waals surface area contributed by atoms with Crippen molar-refractivity contribution in [1.29, 1.82) is 0 Å². The van der Waals surface area contributed by atoms with Crippen LogP contribution < -0.4 is 0 Å². The summed E-state index contributed by atoms with van der Waals surface area (Å²) in [7, 11) is 2.24. The Morgan fingerprint density at radius 2 is 1.91 bits per heavy atom. The van der Waals surface area contributed by atoms with Gasteiger partial charge < -0.3 is 10.0 Å². The standard InChI is InChI=1S/C21H25NO/c1-15-14-22(2)11-10-18-12-16-8-9-19(23)13-20(16)21(15,18)17-6-4-3-5-7-17/h3-9,13,15,18,23H,10-12,14H2,1-2H3. The molecule has 1 saturated heterocycles. The predicted octanol–water partition coefficient (Wildman–Crippen LogP) is 3.82. The number of hydrogen-bond donors (Lipinski definition) is 1. The maximum Gasteiger partial charge on any atom is 0.115 e. The van der Waals surface area contributed by atoms with E-state index in [1.807, 2.05) is 12.1 Å². The second-order valence-electron chi connectivity index (χ2n) is 7.43. The quantitative estimate of drug-likeness (QED) is 0.865. The Morgan fingerprint density at radius 3 is 2.70 bits per heavy atom. The molecule has 2 aliphatic rings. The summed E-state index contributed by atoms with van der Waals surface area (Å²) in [5.41, 5.74) is 4.22. The average Bonchev–Trinajstić information content (AvgIpc) is 2.81. The SMILES string of the molecule is CC1CN(C)CCC2Cc3ccc(O)cc3C12c1ccccc1. The van der Waals surface area contributed by atoms with Gasteiger partial charge in [0.1, 0.15) is 5.75 Å². The van der Waals surface area contributed by atoms with Crippen molar-refractivity contribution in [2.45, 2.75) is 25.2 Å². The third-order valence-corrected chi connectivity index (χ3v) is 6.12. The number of hydrogen-bond acceptors (Lipinski definition) is 2. The van der Waals surface area contributed by atoms with Crippen LogP contribution in [0.1, 0.15) is 30.0 Å². The summed E-state index contributed by atoms with van der Waals surface area (Å²) >= 11 is 0. The van der Waals surface area contributed by atoms with Crippen molar-refractivity contribution in [2.75, 3.05) is 20.1 Å². The number of rotatable bonds is 1. The smallest absolute Gasteiger partial charge is 0.115 e. The van der Waals surface area contributed by atoms with Crippen molar-refractivity contribution < 1.29 is 5.11 Å². The molecular formula is C21H25NO. The van der Waals surface area contributed by atoms with E-state index in [1.165, 1.54) is 23.1 Å². The largest absolute Gasteiger partial charge is 0.508 e. The van der Waals surface area contributed by atoms with Gasteiger partial charge >= 0.3 is 0 Å². The molecule has 2 aromatic rings. The predicted molar refractivity (Wildman–Crippen MR) is 93.8 cm³/mol. The van der Waals surface area contributed by atoms with Gasteiger partial charge in [0.15, 0.2) is 0 Å². The Morgan fingerprint density at radius 1 is 1.13 bits per heavy atom. The molecule has 0 saturated carbocycles. The highest BCUT2D eigenvalue weighted by molar-refractivity contribution is 5.52. The maximum absolute atomic E-state index is 10.1. The Balaban J connectivity index is 1.98. The summed E-state index contributed by atoms with van der Waals surface area (Å²) in [4.78, 5) is 2.47. The van der Waals surface area contributed by atoms with E-state index in [4.69, 9.17) is 0 Å². The third-order valence-electron chi connectivity index (χ3n) is 6.12. The van der Waals surface area contributed by atoms with Gasteiger partial charge in [-0.05, 0) is 67.1 Å². The van der Waals surface area contributed by atoms with E-state index in [2.05, 4.69) is 55.3 Å². The molecule has 1 aliphatic heterocycles. The molecule has 1 aliphatic carbocycles. The van der Waals surface area contributed by atoms with Gasteiger partial charge in [-0.15, -0.1) is 0 Å². The lowest BCUT2D eigenvalue weighted by Gasteiger charge is -2.41. The number of aromatic hydroxyl groups is 1. The second-order valence-corrected chi connectivity index (χ2v) is 7.43. The van der Waals surface area contributed by atoms with Crippen LogP contribution in [0.2, 0.25) is 0 Å². The molecule has 0 bridgehead atoms. The van der Waals surface area contributed by atoms with Crippen molar-refractivity contribution in [3.63, 3.8) is 0 Å². The van der Waals surface area contributed by atoms with E-state index in [9.17, 15) is 5.11 Å². The van der Waals surface area contributed by atoms with Crippen LogP contribution in [-0.4, -0.2) is 30.1 Å². The number of nitrogens with zero attached hydrogens (tertiary/aromatic N) is 1. The van der Waals surface area contributed by atoms with Crippen LogP contribution in [0.25, 0.3) is 0 Å². The lowest BCUT2D eigenvalue weighted by molar-refractivity contribution is 0.241. The van der Waals surface area contributed by atoms with Gasteiger partial charge in [-0.3, -0.25) is 0 Å². The topological polar surface area (TPSA) is 23.5 Å². The minimum atomic E-state index is 0.0279. The van der Waals surface area contributed by atoms with Crippen molar-refractivity contribution in [2.24, 2.45) is 11.8 Å². The van der Waals surface area contributed by atoms with Gasteiger partial charge in [-0.1, -0.05) is 43.3 Å². The first kappa shape index (κ1) is 14.8. The molecule has 3 atom stereocenters. The summed E-state index contributed by atoms with van der Waals surface area (Å²) in [5.74, 6) is 1.52. The molecule has 2 nitrogen and oxygen atoms in total. The minimum absolute atomic E-state index is 0.0279. The molecule has 1 fully saturated rings. The van der Waals surface area contributed by atoms with Crippen molar-refractivity contribution in [1.82, 2.24) is 4.90 Å². The summed E-state index contributed by atoms with van der Waals surface area (Å²) in [6.07, 6.45) is 2.34. The van der Waals surface area contributed by atoms with Crippen LogP contribution in [0.5, 0.6) is 5.75 Å². The molecule has 3 unspecified atom stereocenters. The van der Waals surface area contributed by atoms with Gasteiger partial charge in [-0.2, -0.15) is 0 Å². The van der Waals surface area contributed by atoms with Crippen LogP contribution >= 0.6 is 0 Å². The molecule has 1 heterocycles. The van der Waals surface area contributed by atoms with Gasteiger partial charge in [0.2, 0.25) is 0 Å². The molecule has 4 rings (SSSR count). The number of phenolic OH excluding ortho intramolecular Hbond substituents is 1. The lowest BCUT2D eigenvalue weighted by atomic mass is 9.62. The molecule has 0 aromatic heterocycles. The Bertz CT molecular complexity index is 711. The fourth-order valence-electron chi connectivity index (χ4n) is 5.24. The minimum Gasteiger partial charge on any atom is -0.508 e. The fourth-order valence-corrected chi connectivity index (χ4v) is 5.24. The normalized spacial score (nSPS) is 30.5. The zero-order chi connectivity index (χ0) is 16.0. The molecule has 23 heavy (non-hydrogen) atoms. The highest BCUT2D eigenvalue weighted by Crippen LogP contribution is 2.55. The van der Waals surface area contributed by atoms with E-state index in [0.29, 0.717) is 17.6 Å². The third kappa shape index (κ3) is 2.12. The van der Waals surface area contributed by atoms with Gasteiger partial charge in [0.05, 0.1) is 0 Å². The lowest BCUT2D eigenvalue weighted by Crippen LogP contribution is -2.41. The molecule has 1 N–H and O–H groups in total. The number of likely N-dealkylation sites (tertiary alicyclic amines) is 1. The van der Waals surface area contributed by atoms with E-state index < -0.39 is 0 Å². The highest BCUT2D eigenvalue weighted by atomic mass is 16.3. The monoisotopic (exact) mass is 307 g/mol. The Labute approximate surface area is 138 Å². The highest BCUT2D eigenvalue weighted by Gasteiger charge is 2.52. The molecule has 2 aromatic carbocycles. The zero-order valence-corrected chi connectivity index (χ0v) is 14.0. The van der Waals surface area contributed by atoms with Gasteiger partial charge in [0.25, 0.3) is 0 Å². The molecule has 0 radical (unpaired) electrons. The Kier molecular flexibility index (Phi) is 3.46. The van der Waals surface area contributed by atoms with Crippen LogP contribution in [0.15, 0.2) is 48.5 Å². The summed E-state index contributed by atoms with van der Waals surface area (Å²) in [6, 6.07) is 17.0. The number of phenols is 1. The summed E-state index contributed by atoms with van der Waals surface area (Å²) < 4.78 is 0. The molecule has 120 valence electrons. The van der Waals surface area contributed by atoms with E-state index in [0.717, 1.165) is 19.5 Å². The molecular weight excluding hydrogens is 282 g/mol. The Hall–Kier alpha value is -1.80. The summed E-state index contributed by atoms with van der Waals surface area (Å²) in [5, 5.41) is 10.1. The first-order valence-electron chi connectivity index (χ1n) is 8.68. The fraction of sp³-hybridized carbons (Fsp3) is 0.429. The molecule has 0 spiro atoms. The van der Waals surface area contributed by atoms with Gasteiger partial charge in [-0.25, -0.2) is 0 Å². The number of benzene rings is 2. The van der Waals surface area contributed by atoms with Crippen molar-refractivity contribution >= 4 is 0 Å². The second kappa shape index (κ2) is 5.38. The maximum atomic E-state index is 10.1. The summed E-state index contributed by atoms with van der Waals surface area (Å²) in [6.45, 7) is 4.64. The number of fused-ring (bicyclic) bond motifs is 3.